The van der Waals surface area contributed by atoms with Gasteiger partial charge in [0.05, 0.1) is 24.3 Å². The fraction of sp³-hybridized carbons (Fsp3) is 0.625. The highest BCUT2D eigenvalue weighted by molar-refractivity contribution is 5.91. The van der Waals surface area contributed by atoms with Gasteiger partial charge in [0.25, 0.3) is 0 Å². The van der Waals surface area contributed by atoms with Crippen molar-refractivity contribution in [1.29, 1.82) is 0 Å². The third kappa shape index (κ3) is 5.28. The van der Waals surface area contributed by atoms with Gasteiger partial charge < -0.3 is 18.9 Å². The summed E-state index contributed by atoms with van der Waals surface area (Å²) in [7, 11) is 0. The second-order valence-electron chi connectivity index (χ2n) is 12.5. The Labute approximate surface area is 236 Å². The molecule has 40 heavy (non-hydrogen) atoms. The van der Waals surface area contributed by atoms with E-state index in [4.69, 9.17) is 18.9 Å². The number of hydrogen-bond acceptors (Lipinski definition) is 8. The average molecular weight is 549 g/mol. The molecule has 4 saturated heterocycles. The number of carbonyl (C=O) groups is 2. The first kappa shape index (κ1) is 27.3. The van der Waals surface area contributed by atoms with Gasteiger partial charge in [-0.3, -0.25) is 9.98 Å². The van der Waals surface area contributed by atoms with Gasteiger partial charge in [0, 0.05) is 35.4 Å². The Morgan fingerprint density at radius 3 is 1.65 bits per heavy atom. The van der Waals surface area contributed by atoms with Gasteiger partial charge in [-0.15, -0.1) is 0 Å². The quantitative estimate of drug-likeness (QED) is 0.163. The highest BCUT2D eigenvalue weighted by Crippen LogP contribution is 2.51. The number of nitrogens with zero attached hydrogens (tertiary/aromatic N) is 2. The second-order valence-corrected chi connectivity index (χ2v) is 12.5. The molecule has 0 unspecified atom stereocenters. The topological polar surface area (TPSA) is 102 Å². The maximum atomic E-state index is 12.2. The zero-order valence-electron chi connectivity index (χ0n) is 23.6. The average Bonchev–Trinajstić information content (AvgIpc) is 3.73. The standard InChI is InChI=1S/C32H40N2O6/c1-19-23-11-9-21(7-5-13-31(3)27(39-31)25(23)37-29(19)35)17-33-15-16-34-18-22-8-6-14-32(4)28(40-32)26-24(12-10-22)20(2)30(36)38-26/h7-8,17-18,23-28H,1-2,5-6,9-16H2,3-4H3/b21-7+,22-8+,33-17?,34-18?/t23-,24-,25-,26-,27-,28-,31+,32+/m0/s1. The molecule has 0 aromatic rings. The summed E-state index contributed by atoms with van der Waals surface area (Å²) < 4.78 is 23.3. The van der Waals surface area contributed by atoms with Gasteiger partial charge in [0.2, 0.25) is 0 Å². The minimum Gasteiger partial charge on any atom is -0.455 e. The molecule has 4 aliphatic heterocycles. The maximum Gasteiger partial charge on any atom is 0.334 e. The van der Waals surface area contributed by atoms with Crippen LogP contribution in [0.25, 0.3) is 0 Å². The Morgan fingerprint density at radius 1 is 0.800 bits per heavy atom. The molecule has 8 atom stereocenters. The molecule has 0 radical (unpaired) electrons. The van der Waals surface area contributed by atoms with Crippen LogP contribution in [0, 0.1) is 11.8 Å². The minimum absolute atomic E-state index is 0.00862. The Hall–Kier alpha value is -2.84. The Balaban J connectivity index is 1.03. The van der Waals surface area contributed by atoms with Crippen LogP contribution < -0.4 is 0 Å². The fourth-order valence-corrected chi connectivity index (χ4v) is 6.88. The summed E-state index contributed by atoms with van der Waals surface area (Å²) in [5, 5.41) is 0. The summed E-state index contributed by atoms with van der Waals surface area (Å²) in [5.41, 5.74) is 3.00. The molecule has 2 aliphatic carbocycles. The SMILES string of the molecule is C=C1C(=O)O[C@H]2[C@H]1CC/C(C=NCCN=C/C1=C/CC[C@@]3(C)O[C@H]3[C@H]3OC(=O)C(=C)[C@@H]3CC1)=C\CC[C@@]1(C)O[C@@H]21. The largest absolute Gasteiger partial charge is 0.455 e. The van der Waals surface area contributed by atoms with Gasteiger partial charge in [0.1, 0.15) is 24.4 Å². The lowest BCUT2D eigenvalue weighted by molar-refractivity contribution is -0.140. The highest BCUT2D eigenvalue weighted by Gasteiger charge is 2.62. The van der Waals surface area contributed by atoms with E-state index in [1.807, 2.05) is 12.4 Å². The van der Waals surface area contributed by atoms with E-state index < -0.39 is 0 Å². The molecular weight excluding hydrogens is 508 g/mol. The molecule has 214 valence electrons. The van der Waals surface area contributed by atoms with E-state index in [0.29, 0.717) is 24.2 Å². The first-order valence-electron chi connectivity index (χ1n) is 14.7. The van der Waals surface area contributed by atoms with Crippen LogP contribution in [0.1, 0.15) is 65.2 Å². The molecular formula is C32H40N2O6. The van der Waals surface area contributed by atoms with E-state index in [-0.39, 0.29) is 59.4 Å². The number of rotatable bonds is 5. The monoisotopic (exact) mass is 548 g/mol. The lowest BCUT2D eigenvalue weighted by atomic mass is 9.84. The number of ether oxygens (including phenoxy) is 4. The molecule has 0 amide bonds. The molecule has 4 heterocycles. The zero-order chi connectivity index (χ0) is 28.1. The lowest BCUT2D eigenvalue weighted by Crippen LogP contribution is -2.29. The van der Waals surface area contributed by atoms with Crippen molar-refractivity contribution in [3.8, 4) is 0 Å². The normalized spacial score (nSPS) is 44.0. The predicted octanol–water partition coefficient (Wildman–Crippen LogP) is 4.64. The van der Waals surface area contributed by atoms with Crippen molar-refractivity contribution in [3.63, 3.8) is 0 Å². The van der Waals surface area contributed by atoms with Crippen LogP contribution in [0.3, 0.4) is 0 Å². The Morgan fingerprint density at radius 2 is 1.23 bits per heavy atom. The summed E-state index contributed by atoms with van der Waals surface area (Å²) in [6, 6.07) is 0. The molecule has 0 spiro atoms. The van der Waals surface area contributed by atoms with Crippen molar-refractivity contribution < 1.29 is 28.5 Å². The number of hydrogen-bond donors (Lipinski definition) is 0. The molecule has 0 aromatic carbocycles. The minimum atomic E-state index is -0.288. The van der Waals surface area contributed by atoms with Crippen LogP contribution in [0.2, 0.25) is 0 Å². The van der Waals surface area contributed by atoms with Crippen LogP contribution in [0.4, 0.5) is 0 Å². The first-order valence-corrected chi connectivity index (χ1v) is 14.7. The molecule has 0 aromatic heterocycles. The number of allylic oxidation sites excluding steroid dienone is 4. The van der Waals surface area contributed by atoms with E-state index in [9.17, 15) is 9.59 Å². The third-order valence-electron chi connectivity index (χ3n) is 9.63. The third-order valence-corrected chi connectivity index (χ3v) is 9.63. The van der Waals surface area contributed by atoms with Crippen molar-refractivity contribution in [1.82, 2.24) is 0 Å². The van der Waals surface area contributed by atoms with Gasteiger partial charge in [-0.2, -0.15) is 0 Å². The van der Waals surface area contributed by atoms with Crippen LogP contribution in [0.5, 0.6) is 0 Å². The summed E-state index contributed by atoms with van der Waals surface area (Å²) in [6.07, 6.45) is 14.7. The van der Waals surface area contributed by atoms with Crippen LogP contribution >= 0.6 is 0 Å². The smallest absolute Gasteiger partial charge is 0.334 e. The van der Waals surface area contributed by atoms with Crippen molar-refractivity contribution in [3.05, 3.63) is 47.6 Å². The summed E-state index contributed by atoms with van der Waals surface area (Å²) in [5.74, 6) is -0.594. The van der Waals surface area contributed by atoms with Crippen molar-refractivity contribution in [2.75, 3.05) is 13.1 Å². The lowest BCUT2D eigenvalue weighted by Gasteiger charge is -2.19. The van der Waals surface area contributed by atoms with Gasteiger partial charge >= 0.3 is 11.9 Å². The van der Waals surface area contributed by atoms with Crippen LogP contribution in [-0.2, 0) is 28.5 Å². The number of esters is 2. The van der Waals surface area contributed by atoms with Crippen LogP contribution in [0.15, 0.2) is 57.6 Å². The van der Waals surface area contributed by atoms with E-state index in [1.54, 1.807) is 0 Å². The second kappa shape index (κ2) is 10.5. The van der Waals surface area contributed by atoms with Crippen molar-refractivity contribution in [2.45, 2.75) is 101 Å². The fourth-order valence-electron chi connectivity index (χ4n) is 6.88. The molecule has 0 N–H and O–H groups in total. The first-order chi connectivity index (χ1) is 19.2. The molecule has 0 saturated carbocycles. The van der Waals surface area contributed by atoms with E-state index in [1.165, 1.54) is 11.1 Å². The molecule has 0 bridgehead atoms. The van der Waals surface area contributed by atoms with E-state index in [0.717, 1.165) is 51.4 Å². The van der Waals surface area contributed by atoms with E-state index in [2.05, 4.69) is 49.1 Å². The zero-order valence-corrected chi connectivity index (χ0v) is 23.6. The van der Waals surface area contributed by atoms with Gasteiger partial charge in [-0.25, -0.2) is 9.59 Å². The number of epoxide rings is 2. The van der Waals surface area contributed by atoms with Crippen molar-refractivity contribution >= 4 is 24.4 Å². The van der Waals surface area contributed by atoms with Gasteiger partial charge in [-0.1, -0.05) is 25.3 Å². The Kier molecular flexibility index (Phi) is 7.20. The molecule has 8 heteroatoms. The molecule has 4 fully saturated rings. The molecule has 8 nitrogen and oxygen atoms in total. The number of fused-ring (bicyclic) bond motifs is 6. The predicted molar refractivity (Wildman–Crippen MR) is 151 cm³/mol. The molecule has 6 aliphatic rings. The maximum absolute atomic E-state index is 12.2. The highest BCUT2D eigenvalue weighted by atomic mass is 16.7. The van der Waals surface area contributed by atoms with Crippen molar-refractivity contribution in [2.24, 2.45) is 21.8 Å². The number of aliphatic imine (C=N–C) groups is 2. The summed E-state index contributed by atoms with van der Waals surface area (Å²) >= 11 is 0. The molecule has 6 rings (SSSR count). The number of carbonyl (C=O) groups excluding carboxylic acids is 2. The Bertz CT molecular complexity index is 1140. The van der Waals surface area contributed by atoms with Gasteiger partial charge in [-0.05, 0) is 76.4 Å². The summed E-state index contributed by atoms with van der Waals surface area (Å²) in [4.78, 5) is 33.7. The summed E-state index contributed by atoms with van der Waals surface area (Å²) in [6.45, 7) is 13.4. The van der Waals surface area contributed by atoms with Gasteiger partial charge in [0.15, 0.2) is 0 Å². The van der Waals surface area contributed by atoms with Crippen LogP contribution in [-0.4, -0.2) is 73.1 Å². The van der Waals surface area contributed by atoms with E-state index >= 15 is 0 Å².